The molecule has 0 bridgehead atoms. The summed E-state index contributed by atoms with van der Waals surface area (Å²) in [7, 11) is 1.37. The van der Waals surface area contributed by atoms with Gasteiger partial charge in [0.15, 0.2) is 0 Å². The van der Waals surface area contributed by atoms with E-state index in [2.05, 4.69) is 37.9 Å². The summed E-state index contributed by atoms with van der Waals surface area (Å²) in [5.74, 6) is 0.0624. The molecule has 2 aliphatic rings. The third-order valence-electron chi connectivity index (χ3n) is 8.29. The Morgan fingerprint density at radius 2 is 1.76 bits per heavy atom. The molecule has 1 aromatic carbocycles. The molecule has 1 atom stereocenters. The van der Waals surface area contributed by atoms with Gasteiger partial charge < -0.3 is 15.0 Å². The van der Waals surface area contributed by atoms with Gasteiger partial charge in [0.05, 0.1) is 24.1 Å². The molecular weight excluding hydrogens is 565 g/mol. The van der Waals surface area contributed by atoms with Crippen LogP contribution in [0.15, 0.2) is 24.3 Å². The van der Waals surface area contributed by atoms with E-state index >= 15 is 0 Å². The van der Waals surface area contributed by atoms with Crippen molar-refractivity contribution in [2.45, 2.75) is 84.8 Å². The lowest BCUT2D eigenvalue weighted by Crippen LogP contribution is -2.73. The number of methoxy groups -OCH3 is 1. The minimum absolute atomic E-state index is 0. The van der Waals surface area contributed by atoms with Crippen LogP contribution in [-0.2, 0) is 20.9 Å². The van der Waals surface area contributed by atoms with Crippen molar-refractivity contribution in [3.05, 3.63) is 46.8 Å². The Labute approximate surface area is 256 Å². The number of benzene rings is 1. The summed E-state index contributed by atoms with van der Waals surface area (Å²) >= 11 is 0. The number of unbranched alkanes of at least 4 members (excludes halogenated alkanes) is 1. The number of ether oxygens (including phenoxy) is 1. The maximum absolute atomic E-state index is 13.5. The van der Waals surface area contributed by atoms with Crippen molar-refractivity contribution in [2.75, 3.05) is 26.7 Å². The number of aryl methyl sites for hydroxylation is 1. The fourth-order valence-electron chi connectivity index (χ4n) is 5.96. The molecule has 2 saturated heterocycles. The van der Waals surface area contributed by atoms with Crippen LogP contribution in [0.5, 0.6) is 0 Å². The van der Waals surface area contributed by atoms with E-state index in [-0.39, 0.29) is 42.6 Å². The molecule has 4 rings (SSSR count). The number of hydrogen-bond acceptors (Lipinski definition) is 6. The van der Waals surface area contributed by atoms with Crippen molar-refractivity contribution in [3.8, 4) is 5.69 Å². The Morgan fingerprint density at radius 1 is 1.12 bits per heavy atom. The minimum Gasteiger partial charge on any atom is -0.465 e. The second-order valence-electron chi connectivity index (χ2n) is 11.4. The van der Waals surface area contributed by atoms with Crippen molar-refractivity contribution in [1.82, 2.24) is 24.9 Å². The molecule has 0 unspecified atom stereocenters. The van der Waals surface area contributed by atoms with Crippen LogP contribution in [0, 0.1) is 19.8 Å². The van der Waals surface area contributed by atoms with Gasteiger partial charge in [-0.3, -0.25) is 14.5 Å². The number of likely N-dealkylation sites (tertiary alicyclic amines) is 1. The number of aromatic nitrogens is 2. The van der Waals surface area contributed by atoms with E-state index < -0.39 is 11.6 Å². The van der Waals surface area contributed by atoms with E-state index in [0.29, 0.717) is 37.3 Å². The van der Waals surface area contributed by atoms with Crippen molar-refractivity contribution in [1.29, 1.82) is 0 Å². The molecule has 1 aromatic heterocycles. The molecule has 2 fully saturated rings. The van der Waals surface area contributed by atoms with Gasteiger partial charge in [0.2, 0.25) is 11.8 Å². The molecule has 0 radical (unpaired) electrons. The molecule has 1 spiro atoms. The largest absolute Gasteiger partial charge is 0.465 e. The van der Waals surface area contributed by atoms with Gasteiger partial charge in [-0.15, -0.1) is 24.8 Å². The first-order valence-corrected chi connectivity index (χ1v) is 14.2. The van der Waals surface area contributed by atoms with Gasteiger partial charge in [0.1, 0.15) is 11.6 Å². The van der Waals surface area contributed by atoms with Crippen LogP contribution < -0.4 is 5.32 Å². The van der Waals surface area contributed by atoms with Crippen LogP contribution in [0.2, 0.25) is 0 Å². The Kier molecular flexibility index (Phi) is 12.2. The summed E-state index contributed by atoms with van der Waals surface area (Å²) < 4.78 is 6.71. The summed E-state index contributed by atoms with van der Waals surface area (Å²) in [6.45, 7) is 13.2. The first kappa shape index (κ1) is 34.6. The molecule has 11 heteroatoms. The highest BCUT2D eigenvalue weighted by Crippen LogP contribution is 2.35. The van der Waals surface area contributed by atoms with Crippen LogP contribution >= 0.6 is 24.8 Å². The van der Waals surface area contributed by atoms with E-state index in [1.54, 1.807) is 12.1 Å². The molecule has 0 saturated carbocycles. The van der Waals surface area contributed by atoms with E-state index in [0.717, 1.165) is 55.1 Å². The molecular formula is C30H45Cl2N5O4. The smallest absolute Gasteiger partial charge is 0.337 e. The number of esters is 1. The van der Waals surface area contributed by atoms with Crippen LogP contribution in [0.4, 0.5) is 0 Å². The Hall–Kier alpha value is -2.62. The van der Waals surface area contributed by atoms with Crippen LogP contribution in [0.25, 0.3) is 5.69 Å². The molecule has 9 nitrogen and oxygen atoms in total. The fraction of sp³-hybridized carbons (Fsp3) is 0.600. The van der Waals surface area contributed by atoms with Gasteiger partial charge in [-0.25, -0.2) is 9.48 Å². The summed E-state index contributed by atoms with van der Waals surface area (Å²) in [6, 6.07) is 6.81. The average molecular weight is 611 g/mol. The number of carbonyl (C=O) groups excluding carboxylic acids is 3. The highest BCUT2D eigenvalue weighted by Gasteiger charge is 2.53. The van der Waals surface area contributed by atoms with Gasteiger partial charge in [0, 0.05) is 37.4 Å². The third-order valence-corrected chi connectivity index (χ3v) is 8.29. The van der Waals surface area contributed by atoms with Crippen molar-refractivity contribution >= 4 is 42.6 Å². The maximum atomic E-state index is 13.5. The molecule has 0 aliphatic carbocycles. The Morgan fingerprint density at radius 3 is 2.32 bits per heavy atom. The van der Waals surface area contributed by atoms with E-state index in [1.807, 2.05) is 28.6 Å². The number of amides is 2. The summed E-state index contributed by atoms with van der Waals surface area (Å²) in [4.78, 5) is 43.1. The molecule has 3 heterocycles. The number of rotatable bonds is 9. The first-order chi connectivity index (χ1) is 18.6. The quantitative estimate of drug-likeness (QED) is 0.416. The van der Waals surface area contributed by atoms with Crippen molar-refractivity contribution in [3.63, 3.8) is 0 Å². The second-order valence-corrected chi connectivity index (χ2v) is 11.4. The molecule has 2 aliphatic heterocycles. The number of nitrogens with one attached hydrogen (secondary N) is 1. The van der Waals surface area contributed by atoms with Gasteiger partial charge in [-0.05, 0) is 69.7 Å². The Bertz CT molecular complexity index is 1210. The standard InChI is InChI=1S/C30H43N5O4.2ClH/c1-7-8-15-34-27(36)26(18-20(2)3)31-29(38)30(34)13-16-33(17-14-30)19-25-21(4)32-35(22(25)5)24-11-9-23(10-12-24)28(37)39-6;;/h9-12,20,26H,7-8,13-19H2,1-6H3,(H,31,38);2*1H/t26-;;/m0../s1. The van der Waals surface area contributed by atoms with Gasteiger partial charge in [-0.2, -0.15) is 5.10 Å². The molecule has 2 aromatic rings. The normalized spacial score (nSPS) is 18.6. The molecule has 41 heavy (non-hydrogen) atoms. The van der Waals surface area contributed by atoms with Crippen molar-refractivity contribution in [2.24, 2.45) is 5.92 Å². The topological polar surface area (TPSA) is 96.8 Å². The second kappa shape index (κ2) is 14.5. The monoisotopic (exact) mass is 609 g/mol. The van der Waals surface area contributed by atoms with E-state index in [4.69, 9.17) is 9.84 Å². The number of carbonyl (C=O) groups is 3. The van der Waals surface area contributed by atoms with Gasteiger partial charge in [-0.1, -0.05) is 27.2 Å². The van der Waals surface area contributed by atoms with E-state index in [1.165, 1.54) is 7.11 Å². The third kappa shape index (κ3) is 7.07. The van der Waals surface area contributed by atoms with E-state index in [9.17, 15) is 14.4 Å². The van der Waals surface area contributed by atoms with Gasteiger partial charge >= 0.3 is 5.97 Å². The minimum atomic E-state index is -0.758. The first-order valence-electron chi connectivity index (χ1n) is 14.2. The predicted octanol–water partition coefficient (Wildman–Crippen LogP) is 4.63. The highest BCUT2D eigenvalue weighted by molar-refractivity contribution is 6.00. The van der Waals surface area contributed by atoms with Crippen LogP contribution in [0.3, 0.4) is 0 Å². The molecule has 1 N–H and O–H groups in total. The zero-order valence-electron chi connectivity index (χ0n) is 25.1. The number of halogens is 2. The van der Waals surface area contributed by atoms with Gasteiger partial charge in [0.25, 0.3) is 0 Å². The highest BCUT2D eigenvalue weighted by atomic mass is 35.5. The lowest BCUT2D eigenvalue weighted by Gasteiger charge is -2.52. The lowest BCUT2D eigenvalue weighted by atomic mass is 9.80. The number of piperidine rings is 1. The zero-order chi connectivity index (χ0) is 28.3. The molecule has 228 valence electrons. The number of piperazine rings is 1. The lowest BCUT2D eigenvalue weighted by molar-refractivity contribution is -0.161. The summed E-state index contributed by atoms with van der Waals surface area (Å²) in [5, 5.41) is 7.87. The van der Waals surface area contributed by atoms with Crippen LogP contribution in [-0.4, -0.2) is 75.7 Å². The summed E-state index contributed by atoms with van der Waals surface area (Å²) in [5.41, 5.74) is 3.78. The predicted molar refractivity (Wildman–Crippen MR) is 164 cm³/mol. The maximum Gasteiger partial charge on any atom is 0.337 e. The fourth-order valence-corrected chi connectivity index (χ4v) is 5.96. The zero-order valence-corrected chi connectivity index (χ0v) is 26.7. The summed E-state index contributed by atoms with van der Waals surface area (Å²) in [6.07, 6.45) is 3.81. The van der Waals surface area contributed by atoms with Crippen molar-refractivity contribution < 1.29 is 19.1 Å². The molecule has 2 amide bonds. The SMILES string of the molecule is CCCCN1C(=O)[C@H](CC(C)C)NC(=O)C12CCN(Cc1c(C)nn(-c3ccc(C(=O)OC)cc3)c1C)CC2.Cl.Cl. The number of nitrogens with zero attached hydrogens (tertiary/aromatic N) is 4. The number of hydrogen-bond donors (Lipinski definition) is 1. The Balaban J connectivity index is 0.00000294. The average Bonchev–Trinajstić information content (AvgIpc) is 3.20. The van der Waals surface area contributed by atoms with Crippen LogP contribution in [0.1, 0.15) is 80.2 Å².